The summed E-state index contributed by atoms with van der Waals surface area (Å²) in [4.78, 5) is 4.37. The van der Waals surface area contributed by atoms with Gasteiger partial charge in [-0.2, -0.15) is 0 Å². The Morgan fingerprint density at radius 2 is 1.94 bits per heavy atom. The number of nitrogens with zero attached hydrogens (tertiary/aromatic N) is 1. The van der Waals surface area contributed by atoms with Crippen molar-refractivity contribution in [2.24, 2.45) is 4.99 Å². The van der Waals surface area contributed by atoms with Crippen LogP contribution in [0.3, 0.4) is 0 Å². The van der Waals surface area contributed by atoms with Crippen molar-refractivity contribution in [1.29, 1.82) is 0 Å². The fourth-order valence-corrected chi connectivity index (χ4v) is 3.19. The van der Waals surface area contributed by atoms with Gasteiger partial charge >= 0.3 is 0 Å². The number of benzene rings is 1. The van der Waals surface area contributed by atoms with Crippen molar-refractivity contribution in [3.63, 3.8) is 0 Å². The summed E-state index contributed by atoms with van der Waals surface area (Å²) in [6, 6.07) is 11.2. The third-order valence-electron chi connectivity index (χ3n) is 3.35. The lowest BCUT2D eigenvalue weighted by atomic mass is 9.96. The molecule has 0 saturated heterocycles. The smallest absolute Gasteiger partial charge is 0.156 e. The highest BCUT2D eigenvalue weighted by Gasteiger charge is 2.14. The van der Waals surface area contributed by atoms with Crippen LogP contribution in [0, 0.1) is 0 Å². The van der Waals surface area contributed by atoms with Gasteiger partial charge in [0.25, 0.3) is 0 Å². The molecule has 18 heavy (non-hydrogen) atoms. The van der Waals surface area contributed by atoms with Crippen molar-refractivity contribution in [2.75, 3.05) is 7.05 Å². The Balaban J connectivity index is 1.79. The summed E-state index contributed by atoms with van der Waals surface area (Å²) in [5.41, 5.74) is 1.36. The van der Waals surface area contributed by atoms with E-state index in [0.29, 0.717) is 6.04 Å². The molecule has 98 valence electrons. The fraction of sp³-hybridized carbons (Fsp3) is 0.533. The number of hydrogen-bond donors (Lipinski definition) is 1. The lowest BCUT2D eigenvalue weighted by Crippen LogP contribution is -2.34. The second kappa shape index (κ2) is 7.47. The summed E-state index contributed by atoms with van der Waals surface area (Å²) in [6.45, 7) is 0. The number of nitrogens with one attached hydrogen (secondary N) is 1. The van der Waals surface area contributed by atoms with Gasteiger partial charge in [-0.15, -0.1) is 0 Å². The second-order valence-electron chi connectivity index (χ2n) is 4.78. The van der Waals surface area contributed by atoms with Gasteiger partial charge in [0.1, 0.15) is 0 Å². The summed E-state index contributed by atoms with van der Waals surface area (Å²) in [6.07, 6.45) is 6.71. The quantitative estimate of drug-likeness (QED) is 0.661. The Hall–Kier alpha value is -0.960. The lowest BCUT2D eigenvalue weighted by molar-refractivity contribution is 0.415. The van der Waals surface area contributed by atoms with Crippen LogP contribution in [-0.4, -0.2) is 18.3 Å². The van der Waals surface area contributed by atoms with E-state index in [4.69, 9.17) is 0 Å². The van der Waals surface area contributed by atoms with Crippen LogP contribution in [0.25, 0.3) is 0 Å². The summed E-state index contributed by atoms with van der Waals surface area (Å²) in [5, 5.41) is 4.68. The molecular formula is C15H22N2S. The van der Waals surface area contributed by atoms with Gasteiger partial charge in [-0.05, 0) is 18.4 Å². The van der Waals surface area contributed by atoms with Gasteiger partial charge in [-0.1, -0.05) is 61.4 Å². The molecule has 1 aliphatic rings. The maximum atomic E-state index is 4.37. The van der Waals surface area contributed by atoms with Crippen molar-refractivity contribution in [2.45, 2.75) is 43.9 Å². The Labute approximate surface area is 114 Å². The molecule has 0 radical (unpaired) electrons. The van der Waals surface area contributed by atoms with Crippen molar-refractivity contribution < 1.29 is 0 Å². The maximum Gasteiger partial charge on any atom is 0.156 e. The number of rotatable bonds is 3. The fourth-order valence-electron chi connectivity index (χ4n) is 2.32. The van der Waals surface area contributed by atoms with Gasteiger partial charge in [0.2, 0.25) is 0 Å². The molecule has 2 rings (SSSR count). The van der Waals surface area contributed by atoms with Gasteiger partial charge in [0.05, 0.1) is 0 Å². The molecule has 1 aromatic rings. The zero-order chi connectivity index (χ0) is 12.6. The molecule has 0 aliphatic heterocycles. The SMILES string of the molecule is CN=C(NC1CCCCC1)SCc1ccccc1. The number of thioether (sulfide) groups is 1. The summed E-state index contributed by atoms with van der Waals surface area (Å²) in [5.74, 6) is 0.993. The van der Waals surface area contributed by atoms with Gasteiger partial charge in [-0.25, -0.2) is 0 Å². The topological polar surface area (TPSA) is 24.4 Å². The van der Waals surface area contributed by atoms with E-state index in [-0.39, 0.29) is 0 Å². The highest BCUT2D eigenvalue weighted by atomic mass is 32.2. The van der Waals surface area contributed by atoms with Gasteiger partial charge in [0, 0.05) is 18.8 Å². The molecule has 0 aromatic heterocycles. The Morgan fingerprint density at radius 3 is 2.61 bits per heavy atom. The minimum absolute atomic E-state index is 0.640. The van der Waals surface area contributed by atoms with E-state index in [1.807, 2.05) is 18.8 Å². The largest absolute Gasteiger partial charge is 0.362 e. The molecule has 1 saturated carbocycles. The molecule has 0 unspecified atom stereocenters. The van der Waals surface area contributed by atoms with Gasteiger partial charge in [0.15, 0.2) is 5.17 Å². The molecule has 0 spiro atoms. The second-order valence-corrected chi connectivity index (χ2v) is 5.75. The standard InChI is InChI=1S/C15H22N2S/c1-16-15(17-14-10-6-3-7-11-14)18-12-13-8-4-2-5-9-13/h2,4-5,8-9,14H,3,6-7,10-12H2,1H3,(H,16,17). The lowest BCUT2D eigenvalue weighted by Gasteiger charge is -2.24. The highest BCUT2D eigenvalue weighted by Crippen LogP contribution is 2.19. The Morgan fingerprint density at radius 1 is 1.22 bits per heavy atom. The maximum absolute atomic E-state index is 4.37. The molecule has 1 aromatic carbocycles. The average molecular weight is 262 g/mol. The minimum Gasteiger partial charge on any atom is -0.362 e. The monoisotopic (exact) mass is 262 g/mol. The Kier molecular flexibility index (Phi) is 5.59. The van der Waals surface area contributed by atoms with Crippen molar-refractivity contribution in [3.05, 3.63) is 35.9 Å². The Bertz CT molecular complexity index is 369. The normalized spacial score (nSPS) is 17.7. The van der Waals surface area contributed by atoms with Crippen molar-refractivity contribution >= 4 is 16.9 Å². The predicted octanol–water partition coefficient (Wildman–Crippen LogP) is 3.83. The number of aliphatic imine (C=N–C) groups is 1. The van der Waals surface area contributed by atoms with Crippen LogP contribution in [-0.2, 0) is 5.75 Å². The van der Waals surface area contributed by atoms with E-state index in [0.717, 1.165) is 10.9 Å². The molecule has 0 bridgehead atoms. The molecule has 1 aliphatic carbocycles. The third kappa shape index (κ3) is 4.37. The van der Waals surface area contributed by atoms with E-state index < -0.39 is 0 Å². The van der Waals surface area contributed by atoms with E-state index in [1.165, 1.54) is 37.7 Å². The first kappa shape index (κ1) is 13.5. The third-order valence-corrected chi connectivity index (χ3v) is 4.41. The van der Waals surface area contributed by atoms with Crippen molar-refractivity contribution in [3.8, 4) is 0 Å². The van der Waals surface area contributed by atoms with E-state index in [2.05, 4.69) is 40.6 Å². The zero-order valence-electron chi connectivity index (χ0n) is 11.1. The first-order chi connectivity index (χ1) is 8.88. The van der Waals surface area contributed by atoms with Crippen LogP contribution in [0.5, 0.6) is 0 Å². The van der Waals surface area contributed by atoms with Crippen LogP contribution in [0.2, 0.25) is 0 Å². The van der Waals surface area contributed by atoms with E-state index >= 15 is 0 Å². The molecule has 0 heterocycles. The zero-order valence-corrected chi connectivity index (χ0v) is 11.9. The van der Waals surface area contributed by atoms with Gasteiger partial charge in [-0.3, -0.25) is 4.99 Å². The van der Waals surface area contributed by atoms with Crippen LogP contribution >= 0.6 is 11.8 Å². The summed E-state index contributed by atoms with van der Waals surface area (Å²) < 4.78 is 0. The predicted molar refractivity (Wildman–Crippen MR) is 81.1 cm³/mol. The molecule has 1 N–H and O–H groups in total. The van der Waals surface area contributed by atoms with Crippen molar-refractivity contribution in [1.82, 2.24) is 5.32 Å². The molecule has 1 fully saturated rings. The molecule has 0 atom stereocenters. The van der Waals surface area contributed by atoms with Gasteiger partial charge < -0.3 is 5.32 Å². The minimum atomic E-state index is 0.640. The van der Waals surface area contributed by atoms with Crippen LogP contribution in [0.15, 0.2) is 35.3 Å². The average Bonchev–Trinajstić information content (AvgIpc) is 2.45. The van der Waals surface area contributed by atoms with Crippen LogP contribution in [0.1, 0.15) is 37.7 Å². The molecule has 3 heteroatoms. The highest BCUT2D eigenvalue weighted by molar-refractivity contribution is 8.13. The number of amidine groups is 1. The summed E-state index contributed by atoms with van der Waals surface area (Å²) in [7, 11) is 1.88. The molecule has 0 amide bonds. The summed E-state index contributed by atoms with van der Waals surface area (Å²) >= 11 is 1.81. The first-order valence-electron chi connectivity index (χ1n) is 6.78. The van der Waals surface area contributed by atoms with E-state index in [1.54, 1.807) is 0 Å². The van der Waals surface area contributed by atoms with Crippen LogP contribution in [0.4, 0.5) is 0 Å². The first-order valence-corrected chi connectivity index (χ1v) is 7.77. The molecular weight excluding hydrogens is 240 g/mol. The van der Waals surface area contributed by atoms with Crippen LogP contribution < -0.4 is 5.32 Å². The number of hydrogen-bond acceptors (Lipinski definition) is 2. The van der Waals surface area contributed by atoms with E-state index in [9.17, 15) is 0 Å². The molecule has 2 nitrogen and oxygen atoms in total.